The Balaban J connectivity index is 0.000000199. The predicted molar refractivity (Wildman–Crippen MR) is 161 cm³/mol. The lowest BCUT2D eigenvalue weighted by molar-refractivity contribution is 0.312. The molecule has 1 fully saturated rings. The highest BCUT2D eigenvalue weighted by Crippen LogP contribution is 2.36. The van der Waals surface area contributed by atoms with Crippen LogP contribution >= 0.6 is 34.8 Å². The topological polar surface area (TPSA) is 45.2 Å². The van der Waals surface area contributed by atoms with Gasteiger partial charge >= 0.3 is 0 Å². The summed E-state index contributed by atoms with van der Waals surface area (Å²) in [7, 11) is 2.10. The maximum absolute atomic E-state index is 14.2. The van der Waals surface area contributed by atoms with Crippen LogP contribution in [-0.2, 0) is 0 Å². The summed E-state index contributed by atoms with van der Waals surface area (Å²) in [5.74, 6) is -1.95. The van der Waals surface area contributed by atoms with E-state index in [1.54, 1.807) is 20.0 Å². The number of fused-ring (bicyclic) bond motifs is 2. The average Bonchev–Trinajstić information content (AvgIpc) is 2.93. The van der Waals surface area contributed by atoms with Crippen LogP contribution in [0.1, 0.15) is 11.1 Å². The Bertz CT molecular complexity index is 1830. The van der Waals surface area contributed by atoms with Gasteiger partial charge in [0.1, 0.15) is 34.2 Å². The van der Waals surface area contributed by atoms with Crippen LogP contribution in [0, 0.1) is 37.1 Å². The fraction of sp³-hybridized carbons (Fsp3) is 0.233. The van der Waals surface area contributed by atoms with E-state index in [4.69, 9.17) is 34.8 Å². The van der Waals surface area contributed by atoms with Crippen LogP contribution in [0.4, 0.5) is 23.4 Å². The number of rotatable bonds is 2. The summed E-state index contributed by atoms with van der Waals surface area (Å²) < 4.78 is 54.1. The number of halogens is 7. The summed E-state index contributed by atoms with van der Waals surface area (Å²) in [5.41, 5.74) is 2.89. The molecule has 42 heavy (non-hydrogen) atoms. The van der Waals surface area contributed by atoms with Crippen molar-refractivity contribution in [3.8, 4) is 11.3 Å². The van der Waals surface area contributed by atoms with Crippen molar-refractivity contribution in [1.82, 2.24) is 19.9 Å². The van der Waals surface area contributed by atoms with Crippen molar-refractivity contribution in [3.63, 3.8) is 0 Å². The van der Waals surface area contributed by atoms with E-state index in [1.165, 1.54) is 6.07 Å². The quantitative estimate of drug-likeness (QED) is 0.144. The Labute approximate surface area is 254 Å². The van der Waals surface area contributed by atoms with Gasteiger partial charge in [0.05, 0.1) is 37.5 Å². The minimum atomic E-state index is -0.734. The van der Waals surface area contributed by atoms with Crippen molar-refractivity contribution in [2.24, 2.45) is 0 Å². The highest BCUT2D eigenvalue weighted by Gasteiger charge is 2.19. The van der Waals surface area contributed by atoms with Crippen LogP contribution in [0.2, 0.25) is 15.2 Å². The van der Waals surface area contributed by atoms with Gasteiger partial charge in [-0.3, -0.25) is 0 Å². The number of aromatic nitrogens is 3. The Hall–Kier alpha value is -3.24. The molecule has 0 aliphatic carbocycles. The summed E-state index contributed by atoms with van der Waals surface area (Å²) in [6.07, 6.45) is 1.73. The number of likely N-dealkylation sites (N-methyl/N-ethyl adjacent to an activating group) is 1. The molecule has 12 heteroatoms. The van der Waals surface area contributed by atoms with Crippen molar-refractivity contribution < 1.29 is 17.6 Å². The fourth-order valence-corrected chi connectivity index (χ4v) is 5.54. The summed E-state index contributed by atoms with van der Waals surface area (Å²) in [6.45, 7) is 7.17. The maximum Gasteiger partial charge on any atom is 0.137 e. The second-order valence-corrected chi connectivity index (χ2v) is 11.1. The number of hydrogen-bond donors (Lipinski definition) is 0. The molecular formula is C30H24Cl3F4N5. The lowest BCUT2D eigenvalue weighted by atomic mass is 10.0. The van der Waals surface area contributed by atoms with E-state index in [0.717, 1.165) is 55.8 Å². The molecule has 218 valence electrons. The normalized spacial score (nSPS) is 13.9. The van der Waals surface area contributed by atoms with Gasteiger partial charge in [-0.2, -0.15) is 0 Å². The number of hydrogen-bond acceptors (Lipinski definition) is 5. The van der Waals surface area contributed by atoms with E-state index < -0.39 is 23.3 Å². The van der Waals surface area contributed by atoms with E-state index in [2.05, 4.69) is 31.8 Å². The summed E-state index contributed by atoms with van der Waals surface area (Å²) in [6, 6.07) is 7.69. The van der Waals surface area contributed by atoms with Crippen LogP contribution in [0.5, 0.6) is 0 Å². The van der Waals surface area contributed by atoms with Crippen LogP contribution in [0.25, 0.3) is 33.1 Å². The summed E-state index contributed by atoms with van der Waals surface area (Å²) in [5, 5.41) is 0.818. The van der Waals surface area contributed by atoms with Gasteiger partial charge in [0.25, 0.3) is 0 Å². The molecule has 0 bridgehead atoms. The van der Waals surface area contributed by atoms with Crippen molar-refractivity contribution in [1.29, 1.82) is 0 Å². The van der Waals surface area contributed by atoms with E-state index in [9.17, 15) is 17.6 Å². The minimum absolute atomic E-state index is 0.0972. The molecule has 1 saturated heterocycles. The molecule has 4 heterocycles. The first-order valence-electron chi connectivity index (χ1n) is 12.9. The Morgan fingerprint density at radius 2 is 1.26 bits per heavy atom. The van der Waals surface area contributed by atoms with Crippen LogP contribution in [-0.4, -0.2) is 53.1 Å². The van der Waals surface area contributed by atoms with E-state index >= 15 is 0 Å². The molecule has 5 aromatic rings. The van der Waals surface area contributed by atoms with Crippen molar-refractivity contribution in [3.05, 3.63) is 92.2 Å². The molecule has 0 radical (unpaired) electrons. The van der Waals surface area contributed by atoms with Crippen molar-refractivity contribution >= 4 is 62.4 Å². The number of pyridine rings is 3. The van der Waals surface area contributed by atoms with E-state index in [1.807, 2.05) is 12.1 Å². The first kappa shape index (κ1) is 30.2. The molecule has 1 aliphatic rings. The minimum Gasteiger partial charge on any atom is -0.354 e. The van der Waals surface area contributed by atoms with Gasteiger partial charge in [-0.05, 0) is 38.6 Å². The third-order valence-electron chi connectivity index (χ3n) is 7.13. The number of anilines is 1. The Kier molecular flexibility index (Phi) is 8.76. The molecule has 0 N–H and O–H groups in total. The number of nitrogens with zero attached hydrogens (tertiary/aromatic N) is 5. The zero-order chi connectivity index (χ0) is 30.3. The maximum atomic E-state index is 14.2. The second kappa shape index (κ2) is 12.2. The second-order valence-electron chi connectivity index (χ2n) is 10.00. The number of piperazine rings is 1. The number of benzene rings is 2. The average molecular weight is 637 g/mol. The Morgan fingerprint density at radius 1 is 0.714 bits per heavy atom. The third kappa shape index (κ3) is 5.97. The van der Waals surface area contributed by atoms with Gasteiger partial charge < -0.3 is 9.80 Å². The zero-order valence-electron chi connectivity index (χ0n) is 22.8. The summed E-state index contributed by atoms with van der Waals surface area (Å²) >= 11 is 18.1. The summed E-state index contributed by atoms with van der Waals surface area (Å²) in [4.78, 5) is 17.3. The molecule has 2 aromatic carbocycles. The molecular weight excluding hydrogens is 613 g/mol. The van der Waals surface area contributed by atoms with E-state index in [0.29, 0.717) is 16.8 Å². The molecule has 0 spiro atoms. The molecule has 6 rings (SSSR count). The lowest BCUT2D eigenvalue weighted by Crippen LogP contribution is -2.44. The van der Waals surface area contributed by atoms with Gasteiger partial charge in [-0.1, -0.05) is 34.8 Å². The van der Waals surface area contributed by atoms with Gasteiger partial charge in [-0.25, -0.2) is 32.5 Å². The van der Waals surface area contributed by atoms with Crippen LogP contribution < -0.4 is 4.90 Å². The van der Waals surface area contributed by atoms with Gasteiger partial charge in [0, 0.05) is 67.8 Å². The van der Waals surface area contributed by atoms with Crippen LogP contribution in [0.3, 0.4) is 0 Å². The first-order chi connectivity index (χ1) is 19.9. The predicted octanol–water partition coefficient (Wildman–Crippen LogP) is 8.42. The molecule has 5 nitrogen and oxygen atoms in total. The van der Waals surface area contributed by atoms with Gasteiger partial charge in [-0.15, -0.1) is 0 Å². The molecule has 0 atom stereocenters. The molecule has 0 unspecified atom stereocenters. The van der Waals surface area contributed by atoms with Crippen LogP contribution in [0.15, 0.2) is 42.6 Å². The van der Waals surface area contributed by atoms with Gasteiger partial charge in [0.15, 0.2) is 0 Å². The largest absolute Gasteiger partial charge is 0.354 e. The zero-order valence-corrected chi connectivity index (χ0v) is 25.0. The van der Waals surface area contributed by atoms with E-state index in [-0.39, 0.29) is 37.0 Å². The molecule has 3 aromatic heterocycles. The van der Waals surface area contributed by atoms with Crippen molar-refractivity contribution in [2.75, 3.05) is 38.1 Å². The standard InChI is InChI=1S/C20H19ClF2N4.C10H5Cl2F2N/c1-12-19(21)18-15(23)10-14(22)11-16(18)25-20(12)13-3-4-24-17(9-13)27-7-5-26(2)6-8-27;1-4-9(11)8-6(14)2-5(13)3-7(8)15-10(4)12/h3-4,9-11H,5-8H2,1-2H3;2-3H,1H3. The molecule has 0 saturated carbocycles. The Morgan fingerprint density at radius 3 is 1.86 bits per heavy atom. The first-order valence-corrected chi connectivity index (χ1v) is 14.0. The van der Waals surface area contributed by atoms with Crippen molar-refractivity contribution in [2.45, 2.75) is 13.8 Å². The SMILES string of the molecule is Cc1c(-c2ccnc(N3CCN(C)CC3)c2)nc2cc(F)cc(F)c2c1Cl.Cc1c(Cl)nc2cc(F)cc(F)c2c1Cl. The highest BCUT2D eigenvalue weighted by atomic mass is 35.5. The third-order valence-corrected chi connectivity index (χ3v) is 8.44. The smallest absolute Gasteiger partial charge is 0.137 e. The highest BCUT2D eigenvalue weighted by molar-refractivity contribution is 6.39. The van der Waals surface area contributed by atoms with Gasteiger partial charge in [0.2, 0.25) is 0 Å². The fourth-order valence-electron chi connectivity index (χ4n) is 4.75. The lowest BCUT2D eigenvalue weighted by Gasteiger charge is -2.33. The molecule has 0 amide bonds. The monoisotopic (exact) mass is 635 g/mol. The molecule has 1 aliphatic heterocycles.